The second-order valence-corrected chi connectivity index (χ2v) is 6.58. The van der Waals surface area contributed by atoms with E-state index in [0.717, 1.165) is 0 Å². The number of ether oxygens (including phenoxy) is 2. The Morgan fingerprint density at radius 2 is 1.97 bits per heavy atom. The average Bonchev–Trinajstić information content (AvgIpc) is 2.71. The number of nitrogens with zero attached hydrogens (tertiary/aromatic N) is 1. The fourth-order valence-electron chi connectivity index (χ4n) is 2.99. The number of nitrogens with one attached hydrogen (secondary N) is 1. The first kappa shape index (κ1) is 20.3. The normalized spacial score (nSPS) is 15.3. The molecular formula is C21H21FN2O5. The van der Waals surface area contributed by atoms with Gasteiger partial charge in [0.15, 0.2) is 6.10 Å². The molecule has 152 valence electrons. The summed E-state index contributed by atoms with van der Waals surface area (Å²) >= 11 is 0. The molecule has 0 radical (unpaired) electrons. The number of hydrogen-bond acceptors (Lipinski definition) is 5. The minimum absolute atomic E-state index is 0.0326. The van der Waals surface area contributed by atoms with Crippen molar-refractivity contribution >= 4 is 29.2 Å². The summed E-state index contributed by atoms with van der Waals surface area (Å²) < 4.78 is 24.3. The van der Waals surface area contributed by atoms with Gasteiger partial charge in [-0.05, 0) is 31.2 Å². The highest BCUT2D eigenvalue weighted by molar-refractivity contribution is 6.01. The van der Waals surface area contributed by atoms with Gasteiger partial charge in [0, 0.05) is 17.7 Å². The second-order valence-electron chi connectivity index (χ2n) is 6.58. The van der Waals surface area contributed by atoms with Crippen LogP contribution in [0.25, 0.3) is 0 Å². The molecular weight excluding hydrogens is 379 g/mol. The predicted molar refractivity (Wildman–Crippen MR) is 104 cm³/mol. The third-order valence-electron chi connectivity index (χ3n) is 4.52. The SMILES string of the molecule is COC(=O)CCC(=O)Nc1ccc2c(c1)N(Cc1ccccc1F)C(=O)C(C)O2. The summed E-state index contributed by atoms with van der Waals surface area (Å²) in [7, 11) is 1.26. The highest BCUT2D eigenvalue weighted by Crippen LogP contribution is 2.37. The molecule has 0 saturated heterocycles. The van der Waals surface area contributed by atoms with Crippen molar-refractivity contribution in [1.29, 1.82) is 0 Å². The summed E-state index contributed by atoms with van der Waals surface area (Å²) in [6.45, 7) is 1.66. The van der Waals surface area contributed by atoms with Crippen LogP contribution in [-0.4, -0.2) is 31.0 Å². The summed E-state index contributed by atoms with van der Waals surface area (Å²) in [4.78, 5) is 37.4. The van der Waals surface area contributed by atoms with Gasteiger partial charge >= 0.3 is 5.97 Å². The molecule has 1 aliphatic rings. The lowest BCUT2D eigenvalue weighted by Crippen LogP contribution is -2.44. The third kappa shape index (κ3) is 4.71. The molecule has 0 aliphatic carbocycles. The minimum Gasteiger partial charge on any atom is -0.479 e. The number of benzene rings is 2. The minimum atomic E-state index is -0.713. The van der Waals surface area contributed by atoms with Crippen LogP contribution in [0.2, 0.25) is 0 Å². The summed E-state index contributed by atoms with van der Waals surface area (Å²) in [5.74, 6) is -1.11. The first-order valence-electron chi connectivity index (χ1n) is 9.11. The lowest BCUT2D eigenvalue weighted by Gasteiger charge is -2.33. The number of halogens is 1. The summed E-state index contributed by atoms with van der Waals surface area (Å²) in [6.07, 6.45) is -0.782. The van der Waals surface area contributed by atoms with Gasteiger partial charge in [-0.15, -0.1) is 0 Å². The zero-order chi connectivity index (χ0) is 21.0. The van der Waals surface area contributed by atoms with Gasteiger partial charge in [0.05, 0.1) is 25.8 Å². The van der Waals surface area contributed by atoms with Crippen LogP contribution in [0, 0.1) is 5.82 Å². The fraction of sp³-hybridized carbons (Fsp3) is 0.286. The first-order valence-corrected chi connectivity index (χ1v) is 9.11. The van der Waals surface area contributed by atoms with Gasteiger partial charge in [0.1, 0.15) is 11.6 Å². The molecule has 7 nitrogen and oxygen atoms in total. The first-order chi connectivity index (χ1) is 13.9. The second kappa shape index (κ2) is 8.72. The lowest BCUT2D eigenvalue weighted by atomic mass is 10.1. The van der Waals surface area contributed by atoms with E-state index in [2.05, 4.69) is 10.1 Å². The molecule has 2 aromatic carbocycles. The van der Waals surface area contributed by atoms with Crippen LogP contribution in [0.3, 0.4) is 0 Å². The Labute approximate surface area is 167 Å². The third-order valence-corrected chi connectivity index (χ3v) is 4.52. The molecule has 2 amide bonds. The number of amides is 2. The average molecular weight is 400 g/mol. The maximum absolute atomic E-state index is 14.1. The van der Waals surface area contributed by atoms with Crippen molar-refractivity contribution in [1.82, 2.24) is 0 Å². The molecule has 1 aliphatic heterocycles. The molecule has 1 unspecified atom stereocenters. The maximum Gasteiger partial charge on any atom is 0.306 e. The van der Waals surface area contributed by atoms with Crippen LogP contribution in [-0.2, 0) is 25.7 Å². The molecule has 1 atom stereocenters. The van der Waals surface area contributed by atoms with Crippen molar-refractivity contribution in [3.63, 3.8) is 0 Å². The molecule has 0 saturated carbocycles. The Hall–Kier alpha value is -3.42. The van der Waals surface area contributed by atoms with E-state index in [4.69, 9.17) is 4.74 Å². The van der Waals surface area contributed by atoms with Crippen LogP contribution in [0.4, 0.5) is 15.8 Å². The van der Waals surface area contributed by atoms with Crippen LogP contribution in [0.1, 0.15) is 25.3 Å². The topological polar surface area (TPSA) is 84.9 Å². The maximum atomic E-state index is 14.1. The van der Waals surface area contributed by atoms with Crippen molar-refractivity contribution < 1.29 is 28.2 Å². The van der Waals surface area contributed by atoms with E-state index in [-0.39, 0.29) is 31.2 Å². The highest BCUT2D eigenvalue weighted by Gasteiger charge is 2.32. The number of fused-ring (bicyclic) bond motifs is 1. The molecule has 0 fully saturated rings. The summed E-state index contributed by atoms with van der Waals surface area (Å²) in [6, 6.07) is 11.1. The smallest absolute Gasteiger partial charge is 0.306 e. The van der Waals surface area contributed by atoms with E-state index < -0.39 is 17.9 Å². The number of methoxy groups -OCH3 is 1. The predicted octanol–water partition coefficient (Wildman–Crippen LogP) is 3.03. The van der Waals surface area contributed by atoms with Gasteiger partial charge in [-0.3, -0.25) is 14.4 Å². The zero-order valence-electron chi connectivity index (χ0n) is 16.1. The van der Waals surface area contributed by atoms with Crippen molar-refractivity contribution in [2.75, 3.05) is 17.3 Å². The van der Waals surface area contributed by atoms with Gasteiger partial charge in [-0.25, -0.2) is 4.39 Å². The van der Waals surface area contributed by atoms with Gasteiger partial charge in [-0.1, -0.05) is 18.2 Å². The van der Waals surface area contributed by atoms with Gasteiger partial charge in [0.2, 0.25) is 5.91 Å². The molecule has 2 aromatic rings. The van der Waals surface area contributed by atoms with Gasteiger partial charge in [-0.2, -0.15) is 0 Å². The van der Waals surface area contributed by atoms with Gasteiger partial charge in [0.25, 0.3) is 5.91 Å². The fourth-order valence-corrected chi connectivity index (χ4v) is 2.99. The highest BCUT2D eigenvalue weighted by atomic mass is 19.1. The van der Waals surface area contributed by atoms with Crippen molar-refractivity contribution in [3.05, 3.63) is 53.8 Å². The van der Waals surface area contributed by atoms with Gasteiger partial charge < -0.3 is 19.7 Å². The van der Waals surface area contributed by atoms with Crippen molar-refractivity contribution in [2.24, 2.45) is 0 Å². The molecule has 0 aromatic heterocycles. The zero-order valence-corrected chi connectivity index (χ0v) is 16.1. The quantitative estimate of drug-likeness (QED) is 0.754. The van der Waals surface area contributed by atoms with Crippen LogP contribution in [0.5, 0.6) is 5.75 Å². The number of carbonyl (C=O) groups is 3. The Balaban J connectivity index is 1.83. The van der Waals surface area contributed by atoms with Crippen LogP contribution < -0.4 is 15.0 Å². The number of hydrogen-bond donors (Lipinski definition) is 1. The molecule has 29 heavy (non-hydrogen) atoms. The van der Waals surface area contributed by atoms with Crippen LogP contribution >= 0.6 is 0 Å². The molecule has 1 heterocycles. The van der Waals surface area contributed by atoms with E-state index in [1.54, 1.807) is 43.3 Å². The number of rotatable bonds is 6. The molecule has 8 heteroatoms. The molecule has 1 N–H and O–H groups in total. The van der Waals surface area contributed by atoms with E-state index in [9.17, 15) is 18.8 Å². The monoisotopic (exact) mass is 400 g/mol. The van der Waals surface area contributed by atoms with E-state index in [1.807, 2.05) is 0 Å². The van der Waals surface area contributed by atoms with Crippen molar-refractivity contribution in [3.8, 4) is 5.75 Å². The largest absolute Gasteiger partial charge is 0.479 e. The van der Waals surface area contributed by atoms with E-state index >= 15 is 0 Å². The summed E-state index contributed by atoms with van der Waals surface area (Å²) in [5, 5.41) is 2.68. The molecule has 3 rings (SSSR count). The number of carbonyl (C=O) groups excluding carboxylic acids is 3. The Morgan fingerprint density at radius 1 is 1.21 bits per heavy atom. The Morgan fingerprint density at radius 3 is 2.69 bits per heavy atom. The van der Waals surface area contributed by atoms with Crippen molar-refractivity contribution in [2.45, 2.75) is 32.4 Å². The van der Waals surface area contributed by atoms with Crippen LogP contribution in [0.15, 0.2) is 42.5 Å². The number of esters is 1. The molecule has 0 spiro atoms. The summed E-state index contributed by atoms with van der Waals surface area (Å²) in [5.41, 5.74) is 1.23. The Kier molecular flexibility index (Phi) is 6.11. The lowest BCUT2D eigenvalue weighted by molar-refractivity contribution is -0.141. The standard InChI is InChI=1S/C21H21FN2O5/c1-13-21(27)24(12-14-5-3-4-6-16(14)22)17-11-15(7-8-18(17)29-13)23-19(25)9-10-20(26)28-2/h3-8,11,13H,9-10,12H2,1-2H3,(H,23,25). The Bertz CT molecular complexity index is 946. The molecule has 0 bridgehead atoms. The van der Waals surface area contributed by atoms with E-state index in [1.165, 1.54) is 18.1 Å². The van der Waals surface area contributed by atoms with E-state index in [0.29, 0.717) is 22.7 Å². The number of anilines is 2.